The van der Waals surface area contributed by atoms with Crippen LogP contribution in [0.1, 0.15) is 181 Å². The Kier molecular flexibility index (Phi) is 32.4. The molecule has 2 unspecified atom stereocenters. The first kappa shape index (κ1) is 36.6. The lowest BCUT2D eigenvalue weighted by Gasteiger charge is -2.12. The maximum atomic E-state index is 10.2. The van der Waals surface area contributed by atoms with Gasteiger partial charge in [0.1, 0.15) is 0 Å². The molecule has 218 valence electrons. The van der Waals surface area contributed by atoms with Crippen molar-refractivity contribution in [1.82, 2.24) is 0 Å². The van der Waals surface area contributed by atoms with Crippen LogP contribution in [0.5, 0.6) is 0 Å². The van der Waals surface area contributed by atoms with E-state index in [1.807, 2.05) is 0 Å². The third-order valence-electron chi connectivity index (χ3n) is 7.39. The van der Waals surface area contributed by atoms with Crippen molar-refractivity contribution >= 4 is 21.6 Å². The molecule has 2 N–H and O–H groups in total. The average molecular weight is 547 g/mol. The smallest absolute Gasteiger partial charge is 0.0639 e. The van der Waals surface area contributed by atoms with E-state index in [2.05, 4.69) is 13.8 Å². The van der Waals surface area contributed by atoms with Crippen LogP contribution in [0, 0.1) is 0 Å². The van der Waals surface area contributed by atoms with Crippen LogP contribution in [0.25, 0.3) is 0 Å². The fraction of sp³-hybridized carbons (Fsp3) is 1.00. The minimum atomic E-state index is -0.181. The number of rotatable bonds is 31. The van der Waals surface area contributed by atoms with E-state index >= 15 is 0 Å². The van der Waals surface area contributed by atoms with Crippen molar-refractivity contribution in [3.8, 4) is 0 Å². The van der Waals surface area contributed by atoms with Gasteiger partial charge in [-0.05, 0) is 12.8 Å². The maximum Gasteiger partial charge on any atom is 0.0639 e. The zero-order chi connectivity index (χ0) is 26.4. The maximum absolute atomic E-state index is 10.2. The summed E-state index contributed by atoms with van der Waals surface area (Å²) in [5, 5.41) is 20.4. The van der Waals surface area contributed by atoms with Crippen LogP contribution in [-0.4, -0.2) is 33.9 Å². The molecule has 0 rings (SSSR count). The molecule has 0 aromatic rings. The van der Waals surface area contributed by atoms with Crippen molar-refractivity contribution in [1.29, 1.82) is 0 Å². The summed E-state index contributed by atoms with van der Waals surface area (Å²) < 4.78 is 0. The molecule has 0 saturated heterocycles. The summed E-state index contributed by atoms with van der Waals surface area (Å²) in [5.41, 5.74) is 0. The van der Waals surface area contributed by atoms with Crippen LogP contribution >= 0.6 is 21.6 Å². The largest absolute Gasteiger partial charge is 0.392 e. The topological polar surface area (TPSA) is 40.5 Å². The molecule has 0 aromatic carbocycles. The zero-order valence-electron chi connectivity index (χ0n) is 24.7. The van der Waals surface area contributed by atoms with Gasteiger partial charge in [0, 0.05) is 11.5 Å². The van der Waals surface area contributed by atoms with Crippen LogP contribution in [0.4, 0.5) is 0 Å². The predicted molar refractivity (Wildman–Crippen MR) is 168 cm³/mol. The SMILES string of the molecule is CCCCCCCCCCCCCCC(O)CSSCC(O)CCCCCCCCCCCCCC. The minimum Gasteiger partial charge on any atom is -0.392 e. The van der Waals surface area contributed by atoms with Gasteiger partial charge in [0.05, 0.1) is 12.2 Å². The molecule has 0 aliphatic heterocycles. The Hall–Kier alpha value is 0.620. The summed E-state index contributed by atoms with van der Waals surface area (Å²) in [7, 11) is 3.48. The highest BCUT2D eigenvalue weighted by atomic mass is 33.1. The van der Waals surface area contributed by atoms with E-state index in [1.54, 1.807) is 21.6 Å². The molecule has 4 heteroatoms. The minimum absolute atomic E-state index is 0.181. The fourth-order valence-electron chi connectivity index (χ4n) is 4.86. The molecular formula is C32H66O2S2. The van der Waals surface area contributed by atoms with Gasteiger partial charge in [-0.25, -0.2) is 0 Å². The van der Waals surface area contributed by atoms with Crippen LogP contribution in [0.3, 0.4) is 0 Å². The molecule has 2 nitrogen and oxygen atoms in total. The summed E-state index contributed by atoms with van der Waals surface area (Å²) in [6.07, 6.45) is 34.3. The third kappa shape index (κ3) is 30.8. The van der Waals surface area contributed by atoms with Crippen LogP contribution < -0.4 is 0 Å². The van der Waals surface area contributed by atoms with Gasteiger partial charge in [-0.1, -0.05) is 190 Å². The molecule has 36 heavy (non-hydrogen) atoms. The summed E-state index contributed by atoms with van der Waals surface area (Å²) in [6, 6.07) is 0. The van der Waals surface area contributed by atoms with Gasteiger partial charge in [-0.15, -0.1) is 0 Å². The molecule has 0 heterocycles. The summed E-state index contributed by atoms with van der Waals surface area (Å²) in [5.74, 6) is 1.60. The Morgan fingerprint density at radius 2 is 0.583 bits per heavy atom. The third-order valence-corrected chi connectivity index (χ3v) is 9.91. The molecule has 0 fully saturated rings. The van der Waals surface area contributed by atoms with E-state index in [0.29, 0.717) is 0 Å². The van der Waals surface area contributed by atoms with E-state index in [-0.39, 0.29) is 12.2 Å². The summed E-state index contributed by atoms with van der Waals surface area (Å²) in [6.45, 7) is 4.56. The molecule has 0 radical (unpaired) electrons. The quantitative estimate of drug-likeness (QED) is 0.0670. The van der Waals surface area contributed by atoms with Gasteiger partial charge in [-0.2, -0.15) is 0 Å². The Morgan fingerprint density at radius 1 is 0.361 bits per heavy atom. The second-order valence-corrected chi connectivity index (χ2v) is 13.8. The monoisotopic (exact) mass is 546 g/mol. The van der Waals surface area contributed by atoms with Gasteiger partial charge < -0.3 is 10.2 Å². The molecule has 0 aromatic heterocycles. The lowest BCUT2D eigenvalue weighted by Crippen LogP contribution is -2.11. The van der Waals surface area contributed by atoms with Crippen LogP contribution in [0.2, 0.25) is 0 Å². The van der Waals surface area contributed by atoms with Crippen molar-refractivity contribution in [2.24, 2.45) is 0 Å². The van der Waals surface area contributed by atoms with Crippen LogP contribution in [0.15, 0.2) is 0 Å². The standard InChI is InChI=1S/C32H66O2S2/c1-3-5-7-9-11-13-15-17-19-21-23-25-27-31(33)29-35-36-30-32(34)28-26-24-22-20-18-16-14-12-10-8-6-4-2/h31-34H,3-30H2,1-2H3. The van der Waals surface area contributed by atoms with Crippen molar-refractivity contribution in [3.05, 3.63) is 0 Å². The molecule has 0 spiro atoms. The van der Waals surface area contributed by atoms with Crippen molar-refractivity contribution in [3.63, 3.8) is 0 Å². The molecule has 0 bridgehead atoms. The molecule has 0 aliphatic carbocycles. The van der Waals surface area contributed by atoms with E-state index in [1.165, 1.54) is 141 Å². The molecule has 0 aliphatic rings. The highest BCUT2D eigenvalue weighted by molar-refractivity contribution is 8.76. The predicted octanol–water partition coefficient (Wildman–Crippen LogP) is 11.3. The lowest BCUT2D eigenvalue weighted by atomic mass is 10.0. The van der Waals surface area contributed by atoms with Crippen molar-refractivity contribution < 1.29 is 10.2 Å². The van der Waals surface area contributed by atoms with Gasteiger partial charge in [0.15, 0.2) is 0 Å². The average Bonchev–Trinajstić information content (AvgIpc) is 2.88. The van der Waals surface area contributed by atoms with E-state index < -0.39 is 0 Å². The first-order valence-corrected chi connectivity index (χ1v) is 18.8. The Labute approximate surface area is 235 Å². The van der Waals surface area contributed by atoms with Gasteiger partial charge in [0.25, 0.3) is 0 Å². The number of aliphatic hydroxyl groups excluding tert-OH is 2. The molecule has 0 amide bonds. The number of hydrogen-bond donors (Lipinski definition) is 2. The second kappa shape index (κ2) is 31.8. The van der Waals surface area contributed by atoms with E-state index in [0.717, 1.165) is 37.2 Å². The number of hydrogen-bond acceptors (Lipinski definition) is 4. The van der Waals surface area contributed by atoms with Gasteiger partial charge in [-0.3, -0.25) is 0 Å². The first-order valence-electron chi connectivity index (χ1n) is 16.3. The Morgan fingerprint density at radius 3 is 0.833 bits per heavy atom. The van der Waals surface area contributed by atoms with E-state index in [4.69, 9.17) is 0 Å². The number of aliphatic hydroxyl groups is 2. The summed E-state index contributed by atoms with van der Waals surface area (Å²) >= 11 is 0. The zero-order valence-corrected chi connectivity index (χ0v) is 26.3. The Balaban J connectivity index is 3.26. The summed E-state index contributed by atoms with van der Waals surface area (Å²) in [4.78, 5) is 0. The molecule has 2 atom stereocenters. The Bertz CT molecular complexity index is 358. The highest BCUT2D eigenvalue weighted by Crippen LogP contribution is 2.25. The van der Waals surface area contributed by atoms with Crippen LogP contribution in [-0.2, 0) is 0 Å². The lowest BCUT2D eigenvalue weighted by molar-refractivity contribution is 0.184. The number of unbranched alkanes of at least 4 members (excludes halogenated alkanes) is 22. The van der Waals surface area contributed by atoms with E-state index in [9.17, 15) is 10.2 Å². The normalized spacial score (nSPS) is 13.3. The van der Waals surface area contributed by atoms with Crippen molar-refractivity contribution in [2.45, 2.75) is 193 Å². The highest BCUT2D eigenvalue weighted by Gasteiger charge is 2.08. The molecule has 0 saturated carbocycles. The van der Waals surface area contributed by atoms with Crippen molar-refractivity contribution in [2.75, 3.05) is 11.5 Å². The fourth-order valence-corrected chi connectivity index (χ4v) is 7.22. The first-order chi connectivity index (χ1) is 17.7. The molecular weight excluding hydrogens is 480 g/mol. The second-order valence-electron chi connectivity index (χ2n) is 11.2. The van der Waals surface area contributed by atoms with Gasteiger partial charge >= 0.3 is 0 Å². The van der Waals surface area contributed by atoms with Gasteiger partial charge in [0.2, 0.25) is 0 Å².